The van der Waals surface area contributed by atoms with Crippen LogP contribution in [0.25, 0.3) is 17.0 Å². The molecule has 9 heteroatoms. The number of hydrogen-bond donors (Lipinski definition) is 1. The molecule has 0 fully saturated rings. The van der Waals surface area contributed by atoms with Crippen LogP contribution in [0.15, 0.2) is 47.5 Å². The number of halogens is 2. The van der Waals surface area contributed by atoms with Crippen LogP contribution in [-0.2, 0) is 16.0 Å². The maximum absolute atomic E-state index is 13.5. The van der Waals surface area contributed by atoms with Crippen molar-refractivity contribution >= 4 is 46.3 Å². The minimum Gasteiger partial charge on any atom is -0.295 e. The van der Waals surface area contributed by atoms with Crippen LogP contribution >= 0.6 is 23.2 Å². The van der Waals surface area contributed by atoms with E-state index in [2.05, 4.69) is 5.10 Å². The Kier molecular flexibility index (Phi) is 6.28. The van der Waals surface area contributed by atoms with Gasteiger partial charge >= 0.3 is 5.91 Å². The molecule has 0 bridgehead atoms. The van der Waals surface area contributed by atoms with E-state index in [0.717, 1.165) is 12.0 Å². The van der Waals surface area contributed by atoms with Gasteiger partial charge in [-0.25, -0.2) is 4.68 Å². The summed E-state index contributed by atoms with van der Waals surface area (Å²) < 4.78 is 2.93. The molecule has 0 spiro atoms. The zero-order chi connectivity index (χ0) is 23.9. The maximum atomic E-state index is 13.5. The number of H-pyrrole nitrogens is 1. The van der Waals surface area contributed by atoms with Crippen molar-refractivity contribution in [1.82, 2.24) is 14.7 Å². The van der Waals surface area contributed by atoms with Crippen molar-refractivity contribution in [3.63, 3.8) is 0 Å². The quantitative estimate of drug-likeness (QED) is 0.426. The van der Waals surface area contributed by atoms with E-state index in [1.54, 1.807) is 35.9 Å². The minimum absolute atomic E-state index is 0.0873. The highest BCUT2D eigenvalue weighted by molar-refractivity contribution is 6.44. The normalized spacial score (nSPS) is 14.0. The molecule has 33 heavy (non-hydrogen) atoms. The molecule has 0 radical (unpaired) electrons. The highest BCUT2D eigenvalue weighted by atomic mass is 35.5. The minimum atomic E-state index is -0.480. The second-order valence-electron chi connectivity index (χ2n) is 7.81. The average molecular weight is 486 g/mol. The van der Waals surface area contributed by atoms with Gasteiger partial charge in [-0.05, 0) is 44.0 Å². The second kappa shape index (κ2) is 9.00. The fourth-order valence-corrected chi connectivity index (χ4v) is 4.27. The number of carbonyl (C=O) groups excluding carboxylic acids is 2. The van der Waals surface area contributed by atoms with Crippen LogP contribution in [0.1, 0.15) is 37.1 Å². The van der Waals surface area contributed by atoms with E-state index in [-0.39, 0.29) is 23.4 Å². The Balaban J connectivity index is 1.97. The molecule has 7 nitrogen and oxygen atoms in total. The Hall–Kier alpha value is -3.16. The first kappa shape index (κ1) is 23.0. The standard InChI is InChI=1S/C24H22Cl2N4O3/c1-4-10-29-22(31)20(21(24(29)33)28-11-6-7-15(5-2)13-28)19-14(3)27-30(23(19)32)16-8-9-17(25)18(26)12-16/h6-9,11-13H,4-5,10H2,1-3H3/p+1. The lowest BCUT2D eigenvalue weighted by atomic mass is 10.1. The second-order valence-corrected chi connectivity index (χ2v) is 8.62. The third-order valence-corrected chi connectivity index (χ3v) is 6.34. The van der Waals surface area contributed by atoms with Crippen molar-refractivity contribution in [2.45, 2.75) is 33.6 Å². The van der Waals surface area contributed by atoms with E-state index in [1.165, 1.54) is 9.58 Å². The number of nitrogens with one attached hydrogen (secondary N) is 1. The maximum Gasteiger partial charge on any atom is 0.326 e. The van der Waals surface area contributed by atoms with Gasteiger partial charge in [-0.3, -0.25) is 24.4 Å². The van der Waals surface area contributed by atoms with Gasteiger partial charge in [0.15, 0.2) is 12.4 Å². The molecule has 170 valence electrons. The fraction of sp³-hybridized carbons (Fsp3) is 0.250. The summed E-state index contributed by atoms with van der Waals surface area (Å²) in [5.41, 5.74) is 1.89. The van der Waals surface area contributed by atoms with Crippen molar-refractivity contribution in [2.75, 3.05) is 6.54 Å². The number of amides is 2. The number of aromatic nitrogens is 3. The fourth-order valence-electron chi connectivity index (χ4n) is 3.97. The first-order valence-electron chi connectivity index (χ1n) is 10.7. The molecule has 1 aliphatic rings. The van der Waals surface area contributed by atoms with Crippen LogP contribution in [0.4, 0.5) is 0 Å². The van der Waals surface area contributed by atoms with Crippen molar-refractivity contribution in [1.29, 1.82) is 0 Å². The molecule has 0 atom stereocenters. The molecule has 3 heterocycles. The number of benzene rings is 1. The third kappa shape index (κ3) is 3.92. The summed E-state index contributed by atoms with van der Waals surface area (Å²) in [6, 6.07) is 8.56. The largest absolute Gasteiger partial charge is 0.326 e. The summed E-state index contributed by atoms with van der Waals surface area (Å²) in [7, 11) is 0. The van der Waals surface area contributed by atoms with E-state index < -0.39 is 17.4 Å². The lowest BCUT2D eigenvalue weighted by molar-refractivity contribution is -0.577. The van der Waals surface area contributed by atoms with Gasteiger partial charge in [0.25, 0.3) is 17.2 Å². The van der Waals surface area contributed by atoms with E-state index >= 15 is 0 Å². The molecule has 1 aromatic carbocycles. The highest BCUT2D eigenvalue weighted by Crippen LogP contribution is 2.30. The van der Waals surface area contributed by atoms with Gasteiger partial charge in [-0.1, -0.05) is 37.0 Å². The van der Waals surface area contributed by atoms with Crippen LogP contribution < -0.4 is 10.1 Å². The Morgan fingerprint density at radius 1 is 1.03 bits per heavy atom. The molecule has 1 aliphatic heterocycles. The third-order valence-electron chi connectivity index (χ3n) is 5.60. The number of aryl methyl sites for hydroxylation is 2. The van der Waals surface area contributed by atoms with Gasteiger partial charge in [0.05, 0.1) is 21.3 Å². The van der Waals surface area contributed by atoms with Gasteiger partial charge in [-0.15, -0.1) is 0 Å². The predicted octanol–water partition coefficient (Wildman–Crippen LogP) is 3.78. The molecule has 0 aliphatic carbocycles. The molecule has 1 N–H and O–H groups in total. The number of imide groups is 1. The van der Waals surface area contributed by atoms with Crippen LogP contribution in [0.2, 0.25) is 10.0 Å². The van der Waals surface area contributed by atoms with Crippen LogP contribution in [-0.4, -0.2) is 33.0 Å². The molecule has 2 aromatic heterocycles. The predicted molar refractivity (Wildman–Crippen MR) is 127 cm³/mol. The molecule has 0 saturated carbocycles. The Bertz CT molecular complexity index is 1370. The Morgan fingerprint density at radius 3 is 2.45 bits per heavy atom. The zero-order valence-corrected chi connectivity index (χ0v) is 20.0. The Labute approximate surface area is 200 Å². The SMILES string of the molecule is CCCN1C(=O)C(c2c(C)[nH]n(-c3ccc(Cl)c(Cl)c3)c2=O)=C([n+]2cccc(CC)c2)C1=O. The van der Waals surface area contributed by atoms with Gasteiger partial charge < -0.3 is 0 Å². The van der Waals surface area contributed by atoms with Gasteiger partial charge in [0.1, 0.15) is 5.57 Å². The molecule has 0 saturated heterocycles. The van der Waals surface area contributed by atoms with Crippen molar-refractivity contribution < 1.29 is 14.2 Å². The summed E-state index contributed by atoms with van der Waals surface area (Å²) in [6.07, 6.45) is 4.90. The van der Waals surface area contributed by atoms with Gasteiger partial charge in [-0.2, -0.15) is 4.57 Å². The number of aromatic amines is 1. The number of pyridine rings is 1. The molecule has 3 aromatic rings. The molecular formula is C24H23Cl2N4O3+. The first-order valence-corrected chi connectivity index (χ1v) is 11.4. The molecule has 0 unspecified atom stereocenters. The lowest BCUT2D eigenvalue weighted by Gasteiger charge is -2.11. The van der Waals surface area contributed by atoms with E-state index in [4.69, 9.17) is 23.2 Å². The smallest absolute Gasteiger partial charge is 0.295 e. The molecular weight excluding hydrogens is 463 g/mol. The average Bonchev–Trinajstić information content (AvgIpc) is 3.22. The summed E-state index contributed by atoms with van der Waals surface area (Å²) in [5, 5.41) is 3.66. The van der Waals surface area contributed by atoms with E-state index in [9.17, 15) is 14.4 Å². The molecule has 2 amide bonds. The van der Waals surface area contributed by atoms with Gasteiger partial charge in [0.2, 0.25) is 0 Å². The van der Waals surface area contributed by atoms with Crippen LogP contribution in [0.5, 0.6) is 0 Å². The van der Waals surface area contributed by atoms with Crippen LogP contribution in [0.3, 0.4) is 0 Å². The van der Waals surface area contributed by atoms with Gasteiger partial charge in [0, 0.05) is 23.9 Å². The monoisotopic (exact) mass is 485 g/mol. The topological polar surface area (TPSA) is 79.1 Å². The van der Waals surface area contributed by atoms with Crippen molar-refractivity contribution in [3.8, 4) is 5.69 Å². The van der Waals surface area contributed by atoms with E-state index in [1.807, 2.05) is 32.2 Å². The van der Waals surface area contributed by atoms with Crippen LogP contribution in [0, 0.1) is 6.92 Å². The summed E-state index contributed by atoms with van der Waals surface area (Å²) in [6.45, 7) is 5.86. The highest BCUT2D eigenvalue weighted by Gasteiger charge is 2.46. The molecule has 4 rings (SSSR count). The number of hydrogen-bond acceptors (Lipinski definition) is 3. The summed E-state index contributed by atoms with van der Waals surface area (Å²) >= 11 is 12.2. The number of nitrogens with zero attached hydrogens (tertiary/aromatic N) is 3. The van der Waals surface area contributed by atoms with E-state index in [0.29, 0.717) is 27.8 Å². The zero-order valence-electron chi connectivity index (χ0n) is 18.5. The summed E-state index contributed by atoms with van der Waals surface area (Å²) in [4.78, 5) is 41.5. The van der Waals surface area contributed by atoms with Crippen molar-refractivity contribution in [3.05, 3.63) is 79.9 Å². The Morgan fingerprint density at radius 2 is 1.79 bits per heavy atom. The number of rotatable bonds is 6. The summed E-state index contributed by atoms with van der Waals surface area (Å²) in [5.74, 6) is -0.900. The van der Waals surface area contributed by atoms with Crippen molar-refractivity contribution in [2.24, 2.45) is 0 Å². The number of carbonyl (C=O) groups is 2. The lowest BCUT2D eigenvalue weighted by Crippen LogP contribution is -2.40. The first-order chi connectivity index (χ1) is 15.8.